The third-order valence-electron chi connectivity index (χ3n) is 6.15. The molecule has 1 atom stereocenters. The Morgan fingerprint density at radius 1 is 0.773 bits per heavy atom. The highest BCUT2D eigenvalue weighted by atomic mass is 16.6. The van der Waals surface area contributed by atoms with E-state index in [1.807, 2.05) is 0 Å². The summed E-state index contributed by atoms with van der Waals surface area (Å²) in [5.41, 5.74) is -0.293. The molecule has 2 heterocycles. The number of benzene rings is 2. The van der Waals surface area contributed by atoms with Crippen LogP contribution >= 0.6 is 0 Å². The second-order valence-corrected chi connectivity index (χ2v) is 9.58. The van der Waals surface area contributed by atoms with Crippen LogP contribution in [0.15, 0.2) is 60.9 Å². The molecule has 0 amide bonds. The van der Waals surface area contributed by atoms with Crippen LogP contribution in [0.5, 0.6) is 11.5 Å². The molecule has 2 aromatic heterocycles. The van der Waals surface area contributed by atoms with Crippen LogP contribution in [-0.2, 0) is 19.0 Å². The van der Waals surface area contributed by atoms with Gasteiger partial charge in [0.25, 0.3) is 0 Å². The minimum absolute atomic E-state index is 0.0650. The van der Waals surface area contributed by atoms with Gasteiger partial charge in [-0.2, -0.15) is 0 Å². The molecule has 4 aromatic rings. The number of ether oxygens (including phenoxy) is 5. The van der Waals surface area contributed by atoms with Crippen LogP contribution in [0, 0.1) is 0 Å². The lowest BCUT2D eigenvalue weighted by Crippen LogP contribution is -2.30. The fourth-order valence-corrected chi connectivity index (χ4v) is 4.23. The largest absolute Gasteiger partial charge is 0.489 e. The highest BCUT2D eigenvalue weighted by molar-refractivity contribution is 5.92. The Kier molecular flexibility index (Phi) is 9.88. The maximum Gasteiger partial charge on any atom is 0.374 e. The summed E-state index contributed by atoms with van der Waals surface area (Å²) in [4.78, 5) is 63.9. The van der Waals surface area contributed by atoms with Gasteiger partial charge in [-0.25, -0.2) is 9.59 Å². The first kappa shape index (κ1) is 31.6. The molecule has 13 nitrogen and oxygen atoms in total. The van der Waals surface area contributed by atoms with Crippen molar-refractivity contribution in [1.29, 1.82) is 0 Å². The van der Waals surface area contributed by atoms with Gasteiger partial charge in [0.2, 0.25) is 11.5 Å². The van der Waals surface area contributed by atoms with Gasteiger partial charge in [-0.1, -0.05) is 6.07 Å². The number of anilines is 1. The van der Waals surface area contributed by atoms with Gasteiger partial charge in [0.15, 0.2) is 17.0 Å². The van der Waals surface area contributed by atoms with Gasteiger partial charge in [0, 0.05) is 51.0 Å². The molecule has 0 aliphatic heterocycles. The van der Waals surface area contributed by atoms with E-state index in [-0.39, 0.29) is 71.4 Å². The van der Waals surface area contributed by atoms with E-state index in [2.05, 4.69) is 0 Å². The smallest absolute Gasteiger partial charge is 0.374 e. The summed E-state index contributed by atoms with van der Waals surface area (Å²) in [5.74, 6) is -2.45. The second kappa shape index (κ2) is 13.8. The molecular formula is C31H31NO12. The van der Waals surface area contributed by atoms with E-state index in [9.17, 15) is 24.0 Å². The lowest BCUT2D eigenvalue weighted by atomic mass is 10.1. The monoisotopic (exact) mass is 609 g/mol. The lowest BCUT2D eigenvalue weighted by molar-refractivity contribution is -0.149. The Morgan fingerprint density at radius 3 is 1.86 bits per heavy atom. The topological polar surface area (TPSA) is 161 Å². The standard InChI is InChI=1S/C31H31NO12/c1-6-38-30(36)26-13-20(34)28-22(9-8-10-23(28)43-26)40-15-19(42-17(3)33)16-41-24-11-18(32(4)5)12-25-29(24)21(35)14-27(44-25)31(37)39-7-2/h8-14,19H,6-7,15-16H2,1-5H3. The summed E-state index contributed by atoms with van der Waals surface area (Å²) < 4.78 is 38.3. The molecule has 0 N–H and O–H groups in total. The number of carbonyl (C=O) groups is 3. The first-order valence-corrected chi connectivity index (χ1v) is 13.7. The SMILES string of the molecule is CCOC(=O)c1cc(=O)c2c(OCC(COc3cc(N(C)C)cc4oc(C(=O)OCC)cc(=O)c34)OC(C)=O)cccc2o1. The lowest BCUT2D eigenvalue weighted by Gasteiger charge is -2.20. The Hall–Kier alpha value is -5.33. The molecule has 0 saturated carbocycles. The zero-order chi connectivity index (χ0) is 32.0. The van der Waals surface area contributed by atoms with Crippen molar-refractivity contribution in [2.24, 2.45) is 0 Å². The zero-order valence-corrected chi connectivity index (χ0v) is 24.8. The molecule has 4 rings (SSSR count). The summed E-state index contributed by atoms with van der Waals surface area (Å²) in [6.07, 6.45) is -0.988. The Bertz CT molecular complexity index is 1820. The molecule has 1 unspecified atom stereocenters. The molecule has 0 bridgehead atoms. The average molecular weight is 610 g/mol. The van der Waals surface area contributed by atoms with Crippen LogP contribution in [0.3, 0.4) is 0 Å². The van der Waals surface area contributed by atoms with E-state index in [0.29, 0.717) is 5.69 Å². The molecule has 0 spiro atoms. The predicted molar refractivity (Wildman–Crippen MR) is 158 cm³/mol. The number of fused-ring (bicyclic) bond motifs is 2. The van der Waals surface area contributed by atoms with Gasteiger partial charge in [0.05, 0.1) is 13.2 Å². The molecule has 0 aliphatic rings. The van der Waals surface area contributed by atoms with E-state index in [0.717, 1.165) is 12.1 Å². The molecule has 0 fully saturated rings. The number of carbonyl (C=O) groups excluding carboxylic acids is 3. The molecule has 2 aromatic carbocycles. The predicted octanol–water partition coefficient (Wildman–Crippen LogP) is 3.71. The Morgan fingerprint density at radius 2 is 1.32 bits per heavy atom. The van der Waals surface area contributed by atoms with Crippen LogP contribution in [0.4, 0.5) is 5.69 Å². The van der Waals surface area contributed by atoms with Gasteiger partial charge in [-0.15, -0.1) is 0 Å². The highest BCUT2D eigenvalue weighted by Gasteiger charge is 2.22. The normalized spacial score (nSPS) is 11.6. The van der Waals surface area contributed by atoms with Gasteiger partial charge >= 0.3 is 17.9 Å². The molecule has 44 heavy (non-hydrogen) atoms. The average Bonchev–Trinajstić information content (AvgIpc) is 2.97. The van der Waals surface area contributed by atoms with Crippen molar-refractivity contribution in [3.05, 3.63) is 74.4 Å². The van der Waals surface area contributed by atoms with Gasteiger partial charge in [-0.3, -0.25) is 14.4 Å². The third kappa shape index (κ3) is 7.17. The first-order chi connectivity index (χ1) is 21.0. The fourth-order valence-electron chi connectivity index (χ4n) is 4.23. The van der Waals surface area contributed by atoms with Crippen molar-refractivity contribution in [1.82, 2.24) is 0 Å². The molecule has 13 heteroatoms. The van der Waals surface area contributed by atoms with E-state index in [1.54, 1.807) is 51.0 Å². The third-order valence-corrected chi connectivity index (χ3v) is 6.15. The van der Waals surface area contributed by atoms with Crippen molar-refractivity contribution in [2.75, 3.05) is 45.4 Å². The van der Waals surface area contributed by atoms with Crippen LogP contribution < -0.4 is 25.2 Å². The summed E-state index contributed by atoms with van der Waals surface area (Å²) in [5, 5.41) is 0.137. The second-order valence-electron chi connectivity index (χ2n) is 9.58. The van der Waals surface area contributed by atoms with Crippen LogP contribution in [-0.4, -0.2) is 64.5 Å². The van der Waals surface area contributed by atoms with Crippen LogP contribution in [0.1, 0.15) is 41.9 Å². The summed E-state index contributed by atoms with van der Waals surface area (Å²) in [7, 11) is 3.54. The van der Waals surface area contributed by atoms with Crippen molar-refractivity contribution < 1.29 is 46.9 Å². The zero-order valence-electron chi connectivity index (χ0n) is 24.8. The maximum atomic E-state index is 13.1. The van der Waals surface area contributed by atoms with E-state index < -0.39 is 34.9 Å². The fraction of sp³-hybridized carbons (Fsp3) is 0.323. The number of hydrogen-bond acceptors (Lipinski definition) is 13. The Balaban J connectivity index is 1.62. The number of nitrogens with zero attached hydrogens (tertiary/aromatic N) is 1. The molecule has 0 radical (unpaired) electrons. The maximum absolute atomic E-state index is 13.1. The van der Waals surface area contributed by atoms with Crippen molar-refractivity contribution in [3.63, 3.8) is 0 Å². The number of rotatable bonds is 12. The van der Waals surface area contributed by atoms with Gasteiger partial charge in [0.1, 0.15) is 46.7 Å². The molecule has 0 aliphatic carbocycles. The highest BCUT2D eigenvalue weighted by Crippen LogP contribution is 2.30. The minimum Gasteiger partial charge on any atom is -0.489 e. The van der Waals surface area contributed by atoms with Crippen molar-refractivity contribution >= 4 is 45.5 Å². The van der Waals surface area contributed by atoms with E-state index >= 15 is 0 Å². The number of esters is 3. The Labute approximate surface area is 250 Å². The first-order valence-electron chi connectivity index (χ1n) is 13.7. The summed E-state index contributed by atoms with van der Waals surface area (Å²) in [6, 6.07) is 9.81. The van der Waals surface area contributed by atoms with Gasteiger partial charge in [-0.05, 0) is 26.0 Å². The van der Waals surface area contributed by atoms with E-state index in [1.165, 1.54) is 19.1 Å². The van der Waals surface area contributed by atoms with Crippen molar-refractivity contribution in [3.8, 4) is 11.5 Å². The minimum atomic E-state index is -0.988. The van der Waals surface area contributed by atoms with E-state index in [4.69, 9.17) is 32.5 Å². The molecule has 232 valence electrons. The molecular weight excluding hydrogens is 578 g/mol. The summed E-state index contributed by atoms with van der Waals surface area (Å²) in [6.45, 7) is 4.19. The van der Waals surface area contributed by atoms with Crippen LogP contribution in [0.25, 0.3) is 21.9 Å². The number of hydrogen-bond donors (Lipinski definition) is 0. The molecule has 0 saturated heterocycles. The summed E-state index contributed by atoms with van der Waals surface area (Å²) >= 11 is 0. The van der Waals surface area contributed by atoms with Crippen molar-refractivity contribution in [2.45, 2.75) is 26.9 Å². The van der Waals surface area contributed by atoms with Gasteiger partial charge < -0.3 is 37.4 Å². The quantitative estimate of drug-likeness (QED) is 0.169. The van der Waals surface area contributed by atoms with Crippen LogP contribution in [0.2, 0.25) is 0 Å².